The molecule has 0 radical (unpaired) electrons. The maximum atomic E-state index is 12.5. The van der Waals surface area contributed by atoms with E-state index in [0.29, 0.717) is 36.6 Å². The van der Waals surface area contributed by atoms with Gasteiger partial charge in [-0.05, 0) is 44.2 Å². The summed E-state index contributed by atoms with van der Waals surface area (Å²) in [5.41, 5.74) is 0.937. The van der Waals surface area contributed by atoms with Gasteiger partial charge >= 0.3 is 0 Å². The van der Waals surface area contributed by atoms with Crippen LogP contribution in [0.2, 0.25) is 0 Å². The molecule has 2 aliphatic heterocycles. The summed E-state index contributed by atoms with van der Waals surface area (Å²) in [6, 6.07) is 7.24. The van der Waals surface area contributed by atoms with Crippen molar-refractivity contribution < 1.29 is 14.4 Å². The van der Waals surface area contributed by atoms with Crippen LogP contribution in [0.1, 0.15) is 66.2 Å². The van der Waals surface area contributed by atoms with Gasteiger partial charge in [-0.3, -0.25) is 19.3 Å². The van der Waals surface area contributed by atoms with Gasteiger partial charge in [0.15, 0.2) is 0 Å². The maximum Gasteiger partial charge on any atom is 0.261 e. The lowest BCUT2D eigenvalue weighted by Crippen LogP contribution is -2.43. The number of nitrogens with zero attached hydrogens (tertiary/aromatic N) is 2. The zero-order valence-electron chi connectivity index (χ0n) is 14.2. The molecule has 1 fully saturated rings. The Labute approximate surface area is 142 Å². The van der Waals surface area contributed by atoms with E-state index < -0.39 is 0 Å². The van der Waals surface area contributed by atoms with Crippen molar-refractivity contribution >= 4 is 17.7 Å². The molecule has 2 heterocycles. The molecule has 1 atom stereocenters. The van der Waals surface area contributed by atoms with Crippen LogP contribution >= 0.6 is 0 Å². The van der Waals surface area contributed by atoms with Crippen molar-refractivity contribution in [2.75, 3.05) is 13.1 Å². The highest BCUT2D eigenvalue weighted by atomic mass is 16.2. The molecule has 0 aliphatic carbocycles. The third kappa shape index (κ3) is 3.07. The van der Waals surface area contributed by atoms with Crippen LogP contribution in [0.25, 0.3) is 0 Å². The minimum atomic E-state index is -0.243. The molecule has 1 saturated heterocycles. The number of rotatable bonds is 5. The van der Waals surface area contributed by atoms with Gasteiger partial charge in [0.1, 0.15) is 0 Å². The lowest BCUT2D eigenvalue weighted by Gasteiger charge is -2.35. The van der Waals surface area contributed by atoms with Crippen molar-refractivity contribution in [2.24, 2.45) is 0 Å². The van der Waals surface area contributed by atoms with Crippen molar-refractivity contribution in [2.45, 2.75) is 51.5 Å². The van der Waals surface area contributed by atoms with Crippen LogP contribution < -0.4 is 0 Å². The maximum absolute atomic E-state index is 12.5. The Balaban J connectivity index is 1.55. The first kappa shape index (κ1) is 16.7. The predicted octanol–water partition coefficient (Wildman–Crippen LogP) is 2.85. The molecular formula is C19H24N2O3. The average Bonchev–Trinajstić information content (AvgIpc) is 2.86. The second-order valence-corrected chi connectivity index (χ2v) is 6.56. The standard InChI is InChI=1S/C19H24N2O3/c1-2-14-8-5-6-12-20(14)17(22)11-7-13-21-18(23)15-9-3-4-10-16(15)19(21)24/h3-4,9-10,14H,2,5-8,11-13H2,1H3. The largest absolute Gasteiger partial charge is 0.340 e. The topological polar surface area (TPSA) is 57.7 Å². The van der Waals surface area contributed by atoms with E-state index >= 15 is 0 Å². The van der Waals surface area contributed by atoms with Gasteiger partial charge in [-0.1, -0.05) is 19.1 Å². The highest BCUT2D eigenvalue weighted by molar-refractivity contribution is 6.21. The van der Waals surface area contributed by atoms with Gasteiger partial charge in [0.05, 0.1) is 11.1 Å². The molecule has 3 rings (SSSR count). The van der Waals surface area contributed by atoms with E-state index in [-0.39, 0.29) is 17.7 Å². The molecule has 0 saturated carbocycles. The average molecular weight is 328 g/mol. The van der Waals surface area contributed by atoms with Crippen LogP contribution in [0.3, 0.4) is 0 Å². The van der Waals surface area contributed by atoms with E-state index in [1.165, 1.54) is 11.3 Å². The molecule has 0 N–H and O–H groups in total. The van der Waals surface area contributed by atoms with E-state index in [1.54, 1.807) is 24.3 Å². The number of carbonyl (C=O) groups is 3. The summed E-state index contributed by atoms with van der Waals surface area (Å²) in [6.07, 6.45) is 5.25. The second-order valence-electron chi connectivity index (χ2n) is 6.56. The first-order chi connectivity index (χ1) is 11.6. The predicted molar refractivity (Wildman–Crippen MR) is 90.7 cm³/mol. The summed E-state index contributed by atoms with van der Waals surface area (Å²) < 4.78 is 0. The fourth-order valence-electron chi connectivity index (χ4n) is 3.73. The van der Waals surface area contributed by atoms with Gasteiger partial charge in [0.2, 0.25) is 5.91 Å². The third-order valence-corrected chi connectivity index (χ3v) is 5.07. The number of hydrogen-bond donors (Lipinski definition) is 0. The first-order valence-electron chi connectivity index (χ1n) is 8.88. The van der Waals surface area contributed by atoms with Crippen LogP contribution in [0.15, 0.2) is 24.3 Å². The number of imide groups is 1. The van der Waals surface area contributed by atoms with Crippen LogP contribution in [-0.2, 0) is 4.79 Å². The van der Waals surface area contributed by atoms with Gasteiger partial charge < -0.3 is 4.90 Å². The summed E-state index contributed by atoms with van der Waals surface area (Å²) in [5.74, 6) is -0.335. The first-order valence-corrected chi connectivity index (χ1v) is 8.88. The Morgan fingerprint density at radius 3 is 2.42 bits per heavy atom. The van der Waals surface area contributed by atoms with E-state index in [2.05, 4.69) is 6.92 Å². The molecule has 24 heavy (non-hydrogen) atoms. The zero-order valence-corrected chi connectivity index (χ0v) is 14.2. The Hall–Kier alpha value is -2.17. The van der Waals surface area contributed by atoms with Gasteiger partial charge in [0.25, 0.3) is 11.8 Å². The smallest absolute Gasteiger partial charge is 0.261 e. The van der Waals surface area contributed by atoms with Crippen molar-refractivity contribution in [1.29, 1.82) is 0 Å². The second kappa shape index (κ2) is 7.16. The molecule has 128 valence electrons. The molecule has 0 aromatic heterocycles. The Kier molecular flexibility index (Phi) is 4.97. The molecular weight excluding hydrogens is 304 g/mol. The van der Waals surface area contributed by atoms with Crippen molar-refractivity contribution in [3.8, 4) is 0 Å². The highest BCUT2D eigenvalue weighted by Crippen LogP contribution is 2.24. The van der Waals surface area contributed by atoms with Crippen LogP contribution in [-0.4, -0.2) is 46.7 Å². The highest BCUT2D eigenvalue weighted by Gasteiger charge is 2.34. The molecule has 5 heteroatoms. The lowest BCUT2D eigenvalue weighted by molar-refractivity contribution is -0.135. The number of benzene rings is 1. The van der Waals surface area contributed by atoms with Crippen LogP contribution in [0.5, 0.6) is 0 Å². The molecule has 3 amide bonds. The number of amides is 3. The SMILES string of the molecule is CCC1CCCCN1C(=O)CCCN1C(=O)c2ccccc2C1=O. The Morgan fingerprint density at radius 2 is 1.79 bits per heavy atom. The minimum Gasteiger partial charge on any atom is -0.340 e. The van der Waals surface area contributed by atoms with Crippen molar-refractivity contribution in [3.63, 3.8) is 0 Å². The van der Waals surface area contributed by atoms with Crippen LogP contribution in [0.4, 0.5) is 0 Å². The number of hydrogen-bond acceptors (Lipinski definition) is 3. The fourth-order valence-corrected chi connectivity index (χ4v) is 3.73. The number of fused-ring (bicyclic) bond motifs is 1. The Bertz CT molecular complexity index is 621. The fraction of sp³-hybridized carbons (Fsp3) is 0.526. The van der Waals surface area contributed by atoms with Gasteiger partial charge in [-0.2, -0.15) is 0 Å². The molecule has 1 aromatic rings. The summed E-state index contributed by atoms with van der Waals surface area (Å²) in [7, 11) is 0. The lowest BCUT2D eigenvalue weighted by atomic mass is 9.99. The molecule has 2 aliphatic rings. The number of likely N-dealkylation sites (tertiary alicyclic amines) is 1. The van der Waals surface area contributed by atoms with E-state index in [4.69, 9.17) is 0 Å². The van der Waals surface area contributed by atoms with Gasteiger partial charge in [0, 0.05) is 25.6 Å². The van der Waals surface area contributed by atoms with Crippen LogP contribution in [0, 0.1) is 0 Å². The molecule has 0 spiro atoms. The number of piperidine rings is 1. The summed E-state index contributed by atoms with van der Waals surface area (Å²) in [4.78, 5) is 40.3. The van der Waals surface area contributed by atoms with E-state index in [9.17, 15) is 14.4 Å². The quantitative estimate of drug-likeness (QED) is 0.781. The van der Waals surface area contributed by atoms with E-state index in [1.807, 2.05) is 4.90 Å². The van der Waals surface area contributed by atoms with Crippen molar-refractivity contribution in [1.82, 2.24) is 9.80 Å². The Morgan fingerprint density at radius 1 is 1.12 bits per heavy atom. The van der Waals surface area contributed by atoms with Gasteiger partial charge in [-0.15, -0.1) is 0 Å². The summed E-state index contributed by atoms with van der Waals surface area (Å²) in [6.45, 7) is 3.27. The number of carbonyl (C=O) groups excluding carboxylic acids is 3. The molecule has 1 aromatic carbocycles. The summed E-state index contributed by atoms with van der Waals surface area (Å²) >= 11 is 0. The van der Waals surface area contributed by atoms with Crippen molar-refractivity contribution in [3.05, 3.63) is 35.4 Å². The van der Waals surface area contributed by atoms with E-state index in [0.717, 1.165) is 25.8 Å². The normalized spacial score (nSPS) is 20.5. The molecule has 0 bridgehead atoms. The minimum absolute atomic E-state index is 0.151. The monoisotopic (exact) mass is 328 g/mol. The third-order valence-electron chi connectivity index (χ3n) is 5.07. The summed E-state index contributed by atoms with van der Waals surface area (Å²) in [5, 5.41) is 0. The molecule has 1 unspecified atom stereocenters. The zero-order chi connectivity index (χ0) is 17.1. The van der Waals surface area contributed by atoms with Gasteiger partial charge in [-0.25, -0.2) is 0 Å². The molecule has 5 nitrogen and oxygen atoms in total.